The first kappa shape index (κ1) is 19.5. The zero-order chi connectivity index (χ0) is 19.9. The second-order valence-corrected chi connectivity index (χ2v) is 6.37. The lowest BCUT2D eigenvalue weighted by molar-refractivity contribution is -0.113. The van der Waals surface area contributed by atoms with Crippen molar-refractivity contribution in [1.29, 1.82) is 0 Å². The fourth-order valence-corrected chi connectivity index (χ4v) is 2.72. The van der Waals surface area contributed by atoms with Crippen LogP contribution in [0.15, 0.2) is 58.2 Å². The van der Waals surface area contributed by atoms with Crippen LogP contribution < -0.4 is 10.6 Å². The molecule has 0 radical (unpaired) electrons. The molecule has 0 aliphatic heterocycles. The van der Waals surface area contributed by atoms with Gasteiger partial charge in [0.2, 0.25) is 11.8 Å². The maximum atomic E-state index is 13.6. The number of benzene rings is 2. The topological polar surface area (TPSA) is 97.1 Å². The minimum absolute atomic E-state index is 0.0719. The normalized spacial score (nSPS) is 10.5. The lowest BCUT2D eigenvalue weighted by Crippen LogP contribution is -2.23. The van der Waals surface area contributed by atoms with Crippen LogP contribution in [0.1, 0.15) is 16.2 Å². The van der Waals surface area contributed by atoms with Gasteiger partial charge in [0.05, 0.1) is 23.5 Å². The Balaban J connectivity index is 1.48. The van der Waals surface area contributed by atoms with Gasteiger partial charge in [-0.2, -0.15) is 0 Å². The minimum atomic E-state index is -0.636. The van der Waals surface area contributed by atoms with Gasteiger partial charge in [0, 0.05) is 0 Å². The molecule has 1 heterocycles. The third kappa shape index (κ3) is 5.13. The monoisotopic (exact) mass is 404 g/mol. The second kappa shape index (κ2) is 9.09. The van der Waals surface area contributed by atoms with Crippen LogP contribution >= 0.6 is 11.8 Å². The van der Waals surface area contributed by atoms with E-state index in [1.54, 1.807) is 12.1 Å². The molecule has 0 saturated carbocycles. The first-order valence-corrected chi connectivity index (χ1v) is 9.04. The predicted octanol–water partition coefficient (Wildman–Crippen LogP) is 3.01. The van der Waals surface area contributed by atoms with Gasteiger partial charge in [-0.1, -0.05) is 36.0 Å². The fraction of sp³-hybridized carbons (Fsp3) is 0.111. The summed E-state index contributed by atoms with van der Waals surface area (Å²) in [4.78, 5) is 23.8. The molecule has 1 aromatic heterocycles. The summed E-state index contributed by atoms with van der Waals surface area (Å²) in [7, 11) is 0. The van der Waals surface area contributed by atoms with E-state index in [1.165, 1.54) is 36.4 Å². The lowest BCUT2D eigenvalue weighted by Gasteiger charge is -2.04. The molecule has 3 aromatic rings. The largest absolute Gasteiger partial charge is 0.414 e. The van der Waals surface area contributed by atoms with E-state index in [9.17, 15) is 18.4 Å². The molecular formula is C18H14F2N4O3S. The van der Waals surface area contributed by atoms with Crippen molar-refractivity contribution in [3.63, 3.8) is 0 Å². The third-order valence-corrected chi connectivity index (χ3v) is 4.26. The Kier molecular flexibility index (Phi) is 6.33. The van der Waals surface area contributed by atoms with Gasteiger partial charge in [-0.3, -0.25) is 9.59 Å². The van der Waals surface area contributed by atoms with Crippen molar-refractivity contribution in [2.75, 3.05) is 11.1 Å². The Hall–Kier alpha value is -3.27. The number of nitrogens with zero attached hydrogens (tertiary/aromatic N) is 2. The molecular weight excluding hydrogens is 390 g/mol. The van der Waals surface area contributed by atoms with Crippen LogP contribution in [0.25, 0.3) is 0 Å². The molecule has 2 amide bonds. The first-order chi connectivity index (χ1) is 13.5. The predicted molar refractivity (Wildman–Crippen MR) is 97.6 cm³/mol. The Morgan fingerprint density at radius 1 is 1.00 bits per heavy atom. The van der Waals surface area contributed by atoms with E-state index in [1.807, 2.05) is 0 Å². The molecule has 7 nitrogen and oxygen atoms in total. The minimum Gasteiger partial charge on any atom is -0.414 e. The lowest BCUT2D eigenvalue weighted by atomic mass is 10.2. The molecule has 0 saturated heterocycles. The smallest absolute Gasteiger partial charge is 0.277 e. The summed E-state index contributed by atoms with van der Waals surface area (Å²) in [5.41, 5.74) is -0.0170. The van der Waals surface area contributed by atoms with Gasteiger partial charge in [-0.05, 0) is 24.3 Å². The van der Waals surface area contributed by atoms with Gasteiger partial charge in [-0.15, -0.1) is 10.2 Å². The maximum Gasteiger partial charge on any atom is 0.277 e. The van der Waals surface area contributed by atoms with Crippen molar-refractivity contribution < 1.29 is 22.8 Å². The highest BCUT2D eigenvalue weighted by Crippen LogP contribution is 2.18. The molecule has 2 N–H and O–H groups in total. The van der Waals surface area contributed by atoms with E-state index in [0.717, 1.165) is 11.8 Å². The highest BCUT2D eigenvalue weighted by atomic mass is 32.2. The number of aromatic nitrogens is 2. The van der Waals surface area contributed by atoms with Crippen LogP contribution in [0.2, 0.25) is 0 Å². The Bertz CT molecular complexity index is 996. The standard InChI is InChI=1S/C18H14F2N4O3S/c19-12-6-2-1-5-11(12)17(26)21-9-16-23-24-18(27-16)28-10-15(25)22-14-8-4-3-7-13(14)20/h1-8H,9-10H2,(H,21,26)(H,22,25). The number of hydrogen-bond donors (Lipinski definition) is 2. The van der Waals surface area contributed by atoms with Crippen LogP contribution in [0.5, 0.6) is 0 Å². The summed E-state index contributed by atoms with van der Waals surface area (Å²) < 4.78 is 32.3. The molecule has 28 heavy (non-hydrogen) atoms. The molecule has 0 fully saturated rings. The number of nitrogens with one attached hydrogen (secondary N) is 2. The molecule has 10 heteroatoms. The van der Waals surface area contributed by atoms with Crippen molar-refractivity contribution >= 4 is 29.3 Å². The summed E-state index contributed by atoms with van der Waals surface area (Å²) in [6, 6.07) is 11.4. The molecule has 0 atom stereocenters. The second-order valence-electron chi connectivity index (χ2n) is 5.44. The van der Waals surface area contributed by atoms with Crippen LogP contribution in [0.4, 0.5) is 14.5 Å². The van der Waals surface area contributed by atoms with Crippen molar-refractivity contribution in [1.82, 2.24) is 15.5 Å². The van der Waals surface area contributed by atoms with Crippen LogP contribution in [-0.2, 0) is 11.3 Å². The number of carbonyl (C=O) groups is 2. The van der Waals surface area contributed by atoms with E-state index in [2.05, 4.69) is 20.8 Å². The molecule has 0 bridgehead atoms. The summed E-state index contributed by atoms with van der Waals surface area (Å²) in [6.07, 6.45) is 0. The Labute approximate surface area is 162 Å². The number of hydrogen-bond acceptors (Lipinski definition) is 6. The van der Waals surface area contributed by atoms with Crippen molar-refractivity contribution in [2.24, 2.45) is 0 Å². The van der Waals surface area contributed by atoms with Gasteiger partial charge in [0.1, 0.15) is 11.6 Å². The number of para-hydroxylation sites is 1. The number of halogens is 2. The van der Waals surface area contributed by atoms with E-state index >= 15 is 0 Å². The quantitative estimate of drug-likeness (QED) is 0.588. The number of carbonyl (C=O) groups excluding carboxylic acids is 2. The highest BCUT2D eigenvalue weighted by Gasteiger charge is 2.14. The van der Waals surface area contributed by atoms with Gasteiger partial charge >= 0.3 is 0 Å². The van der Waals surface area contributed by atoms with Gasteiger partial charge < -0.3 is 15.1 Å². The van der Waals surface area contributed by atoms with Crippen LogP contribution in [-0.4, -0.2) is 27.8 Å². The highest BCUT2D eigenvalue weighted by molar-refractivity contribution is 7.99. The molecule has 144 valence electrons. The van der Waals surface area contributed by atoms with Gasteiger partial charge in [0.15, 0.2) is 0 Å². The van der Waals surface area contributed by atoms with Crippen molar-refractivity contribution in [3.05, 3.63) is 71.6 Å². The maximum absolute atomic E-state index is 13.6. The third-order valence-electron chi connectivity index (χ3n) is 3.44. The molecule has 2 aromatic carbocycles. The van der Waals surface area contributed by atoms with E-state index in [-0.39, 0.29) is 34.7 Å². The number of amides is 2. The first-order valence-electron chi connectivity index (χ1n) is 8.05. The Morgan fingerprint density at radius 2 is 1.71 bits per heavy atom. The SMILES string of the molecule is O=C(CSc1nnc(CNC(=O)c2ccccc2F)o1)Nc1ccccc1F. The van der Waals surface area contributed by atoms with Crippen molar-refractivity contribution in [3.8, 4) is 0 Å². The van der Waals surface area contributed by atoms with E-state index in [0.29, 0.717) is 0 Å². The number of thioether (sulfide) groups is 1. The average Bonchev–Trinajstić information content (AvgIpc) is 3.15. The molecule has 0 spiro atoms. The average molecular weight is 404 g/mol. The summed E-state index contributed by atoms with van der Waals surface area (Å²) in [5, 5.41) is 12.5. The Morgan fingerprint density at radius 3 is 2.46 bits per heavy atom. The molecule has 0 aliphatic rings. The van der Waals surface area contributed by atoms with Gasteiger partial charge in [-0.25, -0.2) is 8.78 Å². The summed E-state index contributed by atoms with van der Waals surface area (Å²) in [6.45, 7) is -0.0951. The van der Waals surface area contributed by atoms with E-state index < -0.39 is 23.4 Å². The summed E-state index contributed by atoms with van der Waals surface area (Å²) in [5.74, 6) is -2.20. The zero-order valence-electron chi connectivity index (χ0n) is 14.3. The molecule has 0 aliphatic carbocycles. The fourth-order valence-electron chi connectivity index (χ4n) is 2.14. The number of anilines is 1. The molecule has 3 rings (SSSR count). The number of rotatable bonds is 7. The zero-order valence-corrected chi connectivity index (χ0v) is 15.1. The van der Waals surface area contributed by atoms with Crippen molar-refractivity contribution in [2.45, 2.75) is 11.8 Å². The van der Waals surface area contributed by atoms with Crippen LogP contribution in [0, 0.1) is 11.6 Å². The van der Waals surface area contributed by atoms with E-state index in [4.69, 9.17) is 4.42 Å². The van der Waals surface area contributed by atoms with Crippen LogP contribution in [0.3, 0.4) is 0 Å². The molecule has 0 unspecified atom stereocenters. The summed E-state index contributed by atoms with van der Waals surface area (Å²) >= 11 is 0.960. The van der Waals surface area contributed by atoms with Gasteiger partial charge in [0.25, 0.3) is 11.1 Å².